The third-order valence-electron chi connectivity index (χ3n) is 2.81. The van der Waals surface area contributed by atoms with E-state index < -0.39 is 4.92 Å². The Morgan fingerprint density at radius 2 is 2.32 bits per heavy atom. The van der Waals surface area contributed by atoms with Crippen LogP contribution in [0.5, 0.6) is 0 Å². The molecule has 0 saturated carbocycles. The highest BCUT2D eigenvalue weighted by Crippen LogP contribution is 2.23. The van der Waals surface area contributed by atoms with E-state index in [0.29, 0.717) is 17.3 Å². The molecule has 1 N–H and O–H groups in total. The average Bonchev–Trinajstić information content (AvgIpc) is 2.90. The van der Waals surface area contributed by atoms with Crippen molar-refractivity contribution in [1.29, 1.82) is 0 Å². The fraction of sp³-hybridized carbons (Fsp3) is 0.333. The average molecular weight is 262 g/mol. The van der Waals surface area contributed by atoms with Crippen LogP contribution in [0, 0.1) is 10.1 Å². The maximum absolute atomic E-state index is 10.7. The zero-order chi connectivity index (χ0) is 13.8. The predicted octanol–water partition coefficient (Wildman–Crippen LogP) is 2.32. The van der Waals surface area contributed by atoms with E-state index in [9.17, 15) is 10.1 Å². The lowest BCUT2D eigenvalue weighted by Crippen LogP contribution is -2.15. The van der Waals surface area contributed by atoms with Crippen LogP contribution in [0.15, 0.2) is 28.8 Å². The number of non-ortho nitro benzene ring substituents is 1. The summed E-state index contributed by atoms with van der Waals surface area (Å²) >= 11 is 0. The Kier molecular flexibility index (Phi) is 3.86. The molecule has 0 saturated heterocycles. The number of aromatic nitrogens is 2. The first-order valence-electron chi connectivity index (χ1n) is 5.91. The van der Waals surface area contributed by atoms with Gasteiger partial charge in [0.15, 0.2) is 0 Å². The molecule has 2 aromatic rings. The highest BCUT2D eigenvalue weighted by molar-refractivity contribution is 5.58. The Bertz CT molecular complexity index is 578. The van der Waals surface area contributed by atoms with Crippen molar-refractivity contribution >= 4 is 5.69 Å². The van der Waals surface area contributed by atoms with Gasteiger partial charge in [-0.15, -0.1) is 0 Å². The molecule has 100 valence electrons. The molecule has 1 aromatic heterocycles. The monoisotopic (exact) mass is 262 g/mol. The molecule has 0 amide bonds. The molecule has 0 radical (unpaired) electrons. The molecule has 0 fully saturated rings. The molecule has 7 nitrogen and oxygen atoms in total. The Balaban J connectivity index is 2.32. The summed E-state index contributed by atoms with van der Waals surface area (Å²) in [5, 5.41) is 17.6. The van der Waals surface area contributed by atoms with Gasteiger partial charge >= 0.3 is 0 Å². The van der Waals surface area contributed by atoms with Crippen molar-refractivity contribution in [3.63, 3.8) is 0 Å². The van der Waals surface area contributed by atoms with Crippen LogP contribution in [0.1, 0.15) is 25.3 Å². The van der Waals surface area contributed by atoms with E-state index in [1.54, 1.807) is 12.1 Å². The highest BCUT2D eigenvalue weighted by atomic mass is 16.6. The summed E-state index contributed by atoms with van der Waals surface area (Å²) in [6.07, 6.45) is 0.813. The van der Waals surface area contributed by atoms with Crippen LogP contribution in [0.4, 0.5) is 5.69 Å². The van der Waals surface area contributed by atoms with Gasteiger partial charge in [0.25, 0.3) is 5.69 Å². The fourth-order valence-electron chi connectivity index (χ4n) is 1.75. The van der Waals surface area contributed by atoms with Crippen molar-refractivity contribution in [3.8, 4) is 11.4 Å². The number of hydrogen-bond acceptors (Lipinski definition) is 6. The molecule has 0 aliphatic carbocycles. The van der Waals surface area contributed by atoms with Gasteiger partial charge in [-0.25, -0.2) is 0 Å². The van der Waals surface area contributed by atoms with E-state index >= 15 is 0 Å². The summed E-state index contributed by atoms with van der Waals surface area (Å²) in [6.45, 7) is 2.00. The van der Waals surface area contributed by atoms with Crippen molar-refractivity contribution in [2.24, 2.45) is 0 Å². The number of nitro benzene ring substituents is 1. The molecular formula is C12H14N4O3. The van der Waals surface area contributed by atoms with Crippen molar-refractivity contribution in [3.05, 3.63) is 40.3 Å². The molecule has 1 heterocycles. The first-order valence-corrected chi connectivity index (χ1v) is 5.91. The third-order valence-corrected chi connectivity index (χ3v) is 2.81. The van der Waals surface area contributed by atoms with Crippen molar-refractivity contribution in [2.45, 2.75) is 19.4 Å². The lowest BCUT2D eigenvalue weighted by atomic mass is 10.2. The minimum Gasteiger partial charge on any atom is -0.337 e. The largest absolute Gasteiger partial charge is 0.337 e. The smallest absolute Gasteiger partial charge is 0.270 e. The van der Waals surface area contributed by atoms with Gasteiger partial charge in [-0.2, -0.15) is 4.98 Å². The highest BCUT2D eigenvalue weighted by Gasteiger charge is 2.17. The molecule has 0 aliphatic rings. The zero-order valence-corrected chi connectivity index (χ0v) is 10.7. The molecule has 0 aliphatic heterocycles. The molecule has 1 unspecified atom stereocenters. The van der Waals surface area contributed by atoms with E-state index in [1.165, 1.54) is 12.1 Å². The maximum atomic E-state index is 10.7. The molecule has 0 spiro atoms. The van der Waals surface area contributed by atoms with Crippen LogP contribution in [0.3, 0.4) is 0 Å². The van der Waals surface area contributed by atoms with E-state index in [0.717, 1.165) is 6.42 Å². The van der Waals surface area contributed by atoms with Gasteiger partial charge in [-0.1, -0.05) is 24.2 Å². The normalized spacial score (nSPS) is 12.3. The van der Waals surface area contributed by atoms with Gasteiger partial charge in [-0.3, -0.25) is 10.1 Å². The second-order valence-corrected chi connectivity index (χ2v) is 4.01. The standard InChI is InChI=1S/C12H14N4O3/c1-3-10(13-2)12-14-11(15-19-12)8-5-4-6-9(7-8)16(17)18/h4-7,10,13H,3H2,1-2H3. The summed E-state index contributed by atoms with van der Waals surface area (Å²) in [5.74, 6) is 0.832. The summed E-state index contributed by atoms with van der Waals surface area (Å²) < 4.78 is 5.17. The molecule has 19 heavy (non-hydrogen) atoms. The van der Waals surface area contributed by atoms with Crippen molar-refractivity contribution in [1.82, 2.24) is 15.5 Å². The number of benzene rings is 1. The molecule has 1 atom stereocenters. The van der Waals surface area contributed by atoms with E-state index in [-0.39, 0.29) is 11.7 Å². The topological polar surface area (TPSA) is 94.1 Å². The maximum Gasteiger partial charge on any atom is 0.270 e. The quantitative estimate of drug-likeness (QED) is 0.656. The molecule has 0 bridgehead atoms. The molecule has 2 rings (SSSR count). The lowest BCUT2D eigenvalue weighted by Gasteiger charge is -2.06. The van der Waals surface area contributed by atoms with Crippen LogP contribution < -0.4 is 5.32 Å². The van der Waals surface area contributed by atoms with Crippen LogP contribution in [0.2, 0.25) is 0 Å². The van der Waals surface area contributed by atoms with Gasteiger partial charge in [-0.05, 0) is 13.5 Å². The Hall–Kier alpha value is -2.28. The fourth-order valence-corrected chi connectivity index (χ4v) is 1.75. The second kappa shape index (κ2) is 5.57. The Labute approximate surface area is 109 Å². The SMILES string of the molecule is CCC(NC)c1nc(-c2cccc([N+](=O)[O-])c2)no1. The van der Waals surface area contributed by atoms with Gasteiger partial charge in [0.1, 0.15) is 0 Å². The van der Waals surface area contributed by atoms with Gasteiger partial charge in [0, 0.05) is 17.7 Å². The van der Waals surface area contributed by atoms with E-state index in [4.69, 9.17) is 4.52 Å². The van der Waals surface area contributed by atoms with E-state index in [2.05, 4.69) is 15.5 Å². The van der Waals surface area contributed by atoms with Crippen molar-refractivity contribution in [2.75, 3.05) is 7.05 Å². The summed E-state index contributed by atoms with van der Waals surface area (Å²) in [5.41, 5.74) is 0.569. The summed E-state index contributed by atoms with van der Waals surface area (Å²) in [7, 11) is 1.81. The number of nitrogens with zero attached hydrogens (tertiary/aromatic N) is 3. The molecule has 1 aromatic carbocycles. The zero-order valence-electron chi connectivity index (χ0n) is 10.7. The summed E-state index contributed by atoms with van der Waals surface area (Å²) in [4.78, 5) is 14.5. The van der Waals surface area contributed by atoms with Crippen LogP contribution in [-0.2, 0) is 0 Å². The Morgan fingerprint density at radius 1 is 1.53 bits per heavy atom. The first-order chi connectivity index (χ1) is 9.15. The Morgan fingerprint density at radius 3 is 2.95 bits per heavy atom. The van der Waals surface area contributed by atoms with Crippen LogP contribution >= 0.6 is 0 Å². The summed E-state index contributed by atoms with van der Waals surface area (Å²) in [6, 6.07) is 6.14. The minimum absolute atomic E-state index is 0.00417. The lowest BCUT2D eigenvalue weighted by molar-refractivity contribution is -0.384. The van der Waals surface area contributed by atoms with Gasteiger partial charge < -0.3 is 9.84 Å². The minimum atomic E-state index is -0.451. The number of hydrogen-bond donors (Lipinski definition) is 1. The number of nitro groups is 1. The second-order valence-electron chi connectivity index (χ2n) is 4.01. The number of rotatable bonds is 5. The third kappa shape index (κ3) is 2.76. The number of nitrogens with one attached hydrogen (secondary N) is 1. The van der Waals surface area contributed by atoms with E-state index in [1.807, 2.05) is 14.0 Å². The molecular weight excluding hydrogens is 248 g/mol. The van der Waals surface area contributed by atoms with Crippen LogP contribution in [-0.4, -0.2) is 22.1 Å². The molecule has 7 heteroatoms. The first kappa shape index (κ1) is 13.2. The van der Waals surface area contributed by atoms with Gasteiger partial charge in [0.2, 0.25) is 11.7 Å². The van der Waals surface area contributed by atoms with Crippen LogP contribution in [0.25, 0.3) is 11.4 Å². The van der Waals surface area contributed by atoms with Crippen molar-refractivity contribution < 1.29 is 9.45 Å². The van der Waals surface area contributed by atoms with Gasteiger partial charge in [0.05, 0.1) is 11.0 Å². The predicted molar refractivity (Wildman–Crippen MR) is 68.5 cm³/mol.